The third-order valence-corrected chi connectivity index (χ3v) is 4.75. The maximum absolute atomic E-state index is 12.7. The molecule has 0 fully saturated rings. The Kier molecular flexibility index (Phi) is 5.29. The maximum atomic E-state index is 12.7. The average Bonchev–Trinajstić information content (AvgIpc) is 2.50. The molecule has 0 aliphatic rings. The molecule has 2 aromatic rings. The molecule has 2 N–H and O–H groups in total. The summed E-state index contributed by atoms with van der Waals surface area (Å²) in [6, 6.07) is 10.0. The van der Waals surface area contributed by atoms with E-state index in [1.54, 1.807) is 50.2 Å². The Labute approximate surface area is 146 Å². The van der Waals surface area contributed by atoms with Gasteiger partial charge in [-0.15, -0.1) is 0 Å². The summed E-state index contributed by atoms with van der Waals surface area (Å²) < 4.78 is 1.61. The van der Waals surface area contributed by atoms with Crippen LogP contribution in [0, 0.1) is 0 Å². The van der Waals surface area contributed by atoms with Gasteiger partial charge < -0.3 is 10.2 Å². The van der Waals surface area contributed by atoms with Crippen molar-refractivity contribution < 1.29 is 15.0 Å². The fourth-order valence-corrected chi connectivity index (χ4v) is 3.18. The second kappa shape index (κ2) is 6.84. The van der Waals surface area contributed by atoms with Crippen LogP contribution < -0.4 is 0 Å². The van der Waals surface area contributed by atoms with Gasteiger partial charge in [-0.05, 0) is 36.4 Å². The Hall–Kier alpha value is -1.33. The van der Waals surface area contributed by atoms with Gasteiger partial charge in [-0.1, -0.05) is 45.7 Å². The molecule has 2 aromatic carbocycles. The lowest BCUT2D eigenvalue weighted by atomic mass is 9.85. The van der Waals surface area contributed by atoms with Gasteiger partial charge in [0.15, 0.2) is 0 Å². The van der Waals surface area contributed by atoms with E-state index in [0.29, 0.717) is 11.1 Å². The topological polar surface area (TPSA) is 57.5 Å². The second-order valence-electron chi connectivity index (χ2n) is 5.25. The minimum atomic E-state index is -0.481. The number of Topliss-reactive ketones (excluding diaryl/α,β-unsaturated/α-hetero) is 1. The zero-order valence-corrected chi connectivity index (χ0v) is 15.3. The van der Waals surface area contributed by atoms with Crippen LogP contribution in [0.15, 0.2) is 45.3 Å². The number of benzene rings is 2. The smallest absolute Gasteiger partial charge is 0.147 e. The molecule has 0 heterocycles. The van der Waals surface area contributed by atoms with E-state index in [4.69, 9.17) is 0 Å². The van der Waals surface area contributed by atoms with Crippen molar-refractivity contribution in [3.05, 3.63) is 56.5 Å². The Morgan fingerprint density at radius 1 is 0.864 bits per heavy atom. The fraction of sp³-hybridized carbons (Fsp3) is 0.235. The number of aromatic hydroxyl groups is 2. The lowest BCUT2D eigenvalue weighted by Crippen LogP contribution is -2.17. The van der Waals surface area contributed by atoms with E-state index in [2.05, 4.69) is 31.9 Å². The van der Waals surface area contributed by atoms with Crippen LogP contribution in [-0.4, -0.2) is 16.0 Å². The monoisotopic (exact) mass is 426 g/mol. The Morgan fingerprint density at radius 2 is 1.23 bits per heavy atom. The molecular formula is C17H16Br2O3. The SMILES string of the molecule is CC(C(=O)C(C)c1cc(Br)ccc1O)c1cc(Br)ccc1O. The molecule has 0 aliphatic heterocycles. The van der Waals surface area contributed by atoms with E-state index in [9.17, 15) is 15.0 Å². The highest BCUT2D eigenvalue weighted by atomic mass is 79.9. The van der Waals surface area contributed by atoms with Crippen molar-refractivity contribution >= 4 is 37.6 Å². The summed E-state index contributed by atoms with van der Waals surface area (Å²) in [4.78, 5) is 12.7. The lowest BCUT2D eigenvalue weighted by Gasteiger charge is -2.19. The third-order valence-electron chi connectivity index (χ3n) is 3.77. The number of carbonyl (C=O) groups is 1. The molecule has 2 atom stereocenters. The molecule has 0 saturated heterocycles. The normalized spacial score (nSPS) is 13.6. The van der Waals surface area contributed by atoms with Gasteiger partial charge in [-0.25, -0.2) is 0 Å². The van der Waals surface area contributed by atoms with Gasteiger partial charge in [0.25, 0.3) is 0 Å². The summed E-state index contributed by atoms with van der Waals surface area (Å²) in [5.41, 5.74) is 1.14. The number of carbonyl (C=O) groups excluding carboxylic acids is 1. The second-order valence-corrected chi connectivity index (χ2v) is 7.08. The first-order valence-electron chi connectivity index (χ1n) is 6.81. The van der Waals surface area contributed by atoms with Gasteiger partial charge >= 0.3 is 0 Å². The number of hydrogen-bond acceptors (Lipinski definition) is 3. The van der Waals surface area contributed by atoms with Crippen LogP contribution in [0.3, 0.4) is 0 Å². The highest BCUT2D eigenvalue weighted by Crippen LogP contribution is 2.36. The highest BCUT2D eigenvalue weighted by molar-refractivity contribution is 9.10. The standard InChI is InChI=1S/C17H16Br2O3/c1-9(13-7-11(18)3-5-15(13)20)17(22)10(2)14-8-12(19)4-6-16(14)21/h3-10,20-21H,1-2H3. The number of hydrogen-bond donors (Lipinski definition) is 2. The van der Waals surface area contributed by atoms with Crippen LogP contribution in [0.5, 0.6) is 11.5 Å². The van der Waals surface area contributed by atoms with Crippen LogP contribution in [0.4, 0.5) is 0 Å². The first kappa shape index (κ1) is 17.0. The molecule has 5 heteroatoms. The minimum Gasteiger partial charge on any atom is -0.508 e. The van der Waals surface area contributed by atoms with Crippen molar-refractivity contribution in [2.75, 3.05) is 0 Å². The summed E-state index contributed by atoms with van der Waals surface area (Å²) in [5.74, 6) is -0.844. The lowest BCUT2D eigenvalue weighted by molar-refractivity contribution is -0.121. The molecule has 0 saturated carbocycles. The van der Waals surface area contributed by atoms with Crippen LogP contribution in [-0.2, 0) is 4.79 Å². The molecule has 22 heavy (non-hydrogen) atoms. The molecule has 3 nitrogen and oxygen atoms in total. The summed E-state index contributed by atoms with van der Waals surface area (Å²) in [7, 11) is 0. The first-order chi connectivity index (χ1) is 10.3. The minimum absolute atomic E-state index is 0.0678. The fourth-order valence-electron chi connectivity index (χ4n) is 2.43. The van der Waals surface area contributed by atoms with Crippen molar-refractivity contribution in [2.24, 2.45) is 0 Å². The van der Waals surface area contributed by atoms with E-state index < -0.39 is 11.8 Å². The highest BCUT2D eigenvalue weighted by Gasteiger charge is 2.26. The van der Waals surface area contributed by atoms with Crippen LogP contribution in [0.1, 0.15) is 36.8 Å². The van der Waals surface area contributed by atoms with Gasteiger partial charge in [-0.2, -0.15) is 0 Å². The number of phenolic OH excluding ortho intramolecular Hbond substituents is 2. The zero-order chi connectivity index (χ0) is 16.4. The predicted octanol–water partition coefficient (Wildman–Crippen LogP) is 5.10. The third kappa shape index (κ3) is 3.52. The van der Waals surface area contributed by atoms with Crippen LogP contribution >= 0.6 is 31.9 Å². The van der Waals surface area contributed by atoms with Crippen LogP contribution in [0.25, 0.3) is 0 Å². The van der Waals surface area contributed by atoms with Gasteiger partial charge in [0.2, 0.25) is 0 Å². The van der Waals surface area contributed by atoms with E-state index in [1.807, 2.05) is 0 Å². The Balaban J connectivity index is 2.34. The van der Waals surface area contributed by atoms with Crippen molar-refractivity contribution in [3.63, 3.8) is 0 Å². The van der Waals surface area contributed by atoms with Crippen LogP contribution in [0.2, 0.25) is 0 Å². The Morgan fingerprint density at radius 3 is 1.59 bits per heavy atom. The summed E-state index contributed by atoms with van der Waals surface area (Å²) in [6.45, 7) is 3.52. The molecule has 0 amide bonds. The van der Waals surface area contributed by atoms with Gasteiger partial charge in [-0.3, -0.25) is 4.79 Å². The molecule has 2 unspecified atom stereocenters. The van der Waals surface area contributed by atoms with E-state index in [0.717, 1.165) is 8.95 Å². The molecule has 0 aromatic heterocycles. The predicted molar refractivity (Wildman–Crippen MR) is 93.5 cm³/mol. The summed E-state index contributed by atoms with van der Waals surface area (Å²) in [5, 5.41) is 20.0. The zero-order valence-electron chi connectivity index (χ0n) is 12.2. The van der Waals surface area contributed by atoms with E-state index >= 15 is 0 Å². The number of rotatable bonds is 4. The van der Waals surface area contributed by atoms with Gasteiger partial charge in [0, 0.05) is 31.9 Å². The van der Waals surface area contributed by atoms with Gasteiger partial charge in [0.05, 0.1) is 0 Å². The average molecular weight is 428 g/mol. The van der Waals surface area contributed by atoms with Crippen molar-refractivity contribution in [3.8, 4) is 11.5 Å². The number of ketones is 1. The quantitative estimate of drug-likeness (QED) is 0.713. The first-order valence-corrected chi connectivity index (χ1v) is 8.40. The van der Waals surface area contributed by atoms with Crippen molar-refractivity contribution in [1.82, 2.24) is 0 Å². The molecule has 0 radical (unpaired) electrons. The molecule has 0 bridgehead atoms. The molecule has 0 spiro atoms. The van der Waals surface area contributed by atoms with Crippen molar-refractivity contribution in [2.45, 2.75) is 25.7 Å². The number of phenols is 2. The van der Waals surface area contributed by atoms with E-state index in [1.165, 1.54) is 0 Å². The molecule has 2 rings (SSSR count). The summed E-state index contributed by atoms with van der Waals surface area (Å²) >= 11 is 6.70. The summed E-state index contributed by atoms with van der Waals surface area (Å²) in [6.07, 6.45) is 0. The van der Waals surface area contributed by atoms with Gasteiger partial charge in [0.1, 0.15) is 17.3 Å². The van der Waals surface area contributed by atoms with E-state index in [-0.39, 0.29) is 17.3 Å². The molecule has 116 valence electrons. The molecular weight excluding hydrogens is 412 g/mol. The number of halogens is 2. The maximum Gasteiger partial charge on any atom is 0.147 e. The largest absolute Gasteiger partial charge is 0.508 e. The molecule has 0 aliphatic carbocycles. The Bertz CT molecular complexity index is 654. The van der Waals surface area contributed by atoms with Crippen molar-refractivity contribution in [1.29, 1.82) is 0 Å².